The Kier molecular flexibility index (Phi) is 6.62. The van der Waals surface area contributed by atoms with Gasteiger partial charge in [0.15, 0.2) is 5.96 Å². The first-order valence-corrected chi connectivity index (χ1v) is 9.73. The molecule has 1 aliphatic heterocycles. The summed E-state index contributed by atoms with van der Waals surface area (Å²) in [5.41, 5.74) is 0.878. The first-order valence-electron chi connectivity index (χ1n) is 9.73. The SMILES string of the molecule is CN=C(NCCC(=O)Nc1cccc(C)n1)N1CCC(C)C(n2ccnc2)C1. The number of hydrogen-bond acceptors (Lipinski definition) is 4. The summed E-state index contributed by atoms with van der Waals surface area (Å²) in [5.74, 6) is 1.93. The van der Waals surface area contributed by atoms with Crippen LogP contribution in [0.1, 0.15) is 31.5 Å². The molecule has 2 aromatic rings. The summed E-state index contributed by atoms with van der Waals surface area (Å²) in [7, 11) is 1.78. The van der Waals surface area contributed by atoms with Crippen LogP contribution in [0.5, 0.6) is 0 Å². The molecule has 150 valence electrons. The second kappa shape index (κ2) is 9.34. The van der Waals surface area contributed by atoms with E-state index in [-0.39, 0.29) is 5.91 Å². The van der Waals surface area contributed by atoms with Gasteiger partial charge in [0.1, 0.15) is 5.82 Å². The Morgan fingerprint density at radius 3 is 2.96 bits per heavy atom. The minimum atomic E-state index is -0.0652. The third kappa shape index (κ3) is 5.09. The maximum absolute atomic E-state index is 12.2. The minimum absolute atomic E-state index is 0.0652. The number of carbonyl (C=O) groups is 1. The molecule has 0 aromatic carbocycles. The van der Waals surface area contributed by atoms with E-state index in [1.807, 2.05) is 37.8 Å². The van der Waals surface area contributed by atoms with E-state index >= 15 is 0 Å². The molecule has 3 rings (SSSR count). The number of aliphatic imine (C=N–C) groups is 1. The van der Waals surface area contributed by atoms with Crippen LogP contribution in [-0.4, -0.2) is 58.0 Å². The van der Waals surface area contributed by atoms with Crippen molar-refractivity contribution in [3.8, 4) is 0 Å². The number of hydrogen-bond donors (Lipinski definition) is 2. The van der Waals surface area contributed by atoms with Crippen LogP contribution in [0.25, 0.3) is 0 Å². The number of pyridine rings is 1. The zero-order valence-corrected chi connectivity index (χ0v) is 16.8. The molecular formula is C20H29N7O. The van der Waals surface area contributed by atoms with Crippen LogP contribution in [0.3, 0.4) is 0 Å². The Morgan fingerprint density at radius 1 is 1.39 bits per heavy atom. The smallest absolute Gasteiger partial charge is 0.227 e. The summed E-state index contributed by atoms with van der Waals surface area (Å²) in [4.78, 5) is 27.3. The van der Waals surface area contributed by atoms with Gasteiger partial charge in [0.05, 0.1) is 12.4 Å². The number of guanidine groups is 1. The van der Waals surface area contributed by atoms with Gasteiger partial charge in [-0.1, -0.05) is 13.0 Å². The highest BCUT2D eigenvalue weighted by atomic mass is 16.1. The van der Waals surface area contributed by atoms with Crippen molar-refractivity contribution in [2.45, 2.75) is 32.7 Å². The molecule has 2 aromatic heterocycles. The van der Waals surface area contributed by atoms with Gasteiger partial charge in [0.25, 0.3) is 0 Å². The molecule has 0 aliphatic carbocycles. The van der Waals surface area contributed by atoms with Crippen molar-refractivity contribution in [2.75, 3.05) is 32.0 Å². The van der Waals surface area contributed by atoms with Crippen LogP contribution < -0.4 is 10.6 Å². The van der Waals surface area contributed by atoms with Crippen LogP contribution in [0.4, 0.5) is 5.82 Å². The number of imidazole rings is 1. The average molecular weight is 384 g/mol. The number of nitrogens with zero attached hydrogens (tertiary/aromatic N) is 5. The molecule has 1 aliphatic rings. The lowest BCUT2D eigenvalue weighted by Crippen LogP contribution is -2.49. The summed E-state index contributed by atoms with van der Waals surface area (Å²) in [5, 5.41) is 6.15. The zero-order valence-electron chi connectivity index (χ0n) is 16.8. The molecular weight excluding hydrogens is 354 g/mol. The van der Waals surface area contributed by atoms with E-state index in [4.69, 9.17) is 0 Å². The predicted octanol–water partition coefficient (Wildman–Crippen LogP) is 2.07. The van der Waals surface area contributed by atoms with E-state index in [1.165, 1.54) is 0 Å². The van der Waals surface area contributed by atoms with Crippen LogP contribution in [0.2, 0.25) is 0 Å². The highest BCUT2D eigenvalue weighted by Crippen LogP contribution is 2.27. The fraction of sp³-hybridized carbons (Fsp3) is 0.500. The molecule has 28 heavy (non-hydrogen) atoms. The summed E-state index contributed by atoms with van der Waals surface area (Å²) in [6.07, 6.45) is 7.16. The van der Waals surface area contributed by atoms with Gasteiger partial charge in [0.2, 0.25) is 5.91 Å². The number of amides is 1. The number of rotatable bonds is 5. The van der Waals surface area contributed by atoms with E-state index in [9.17, 15) is 4.79 Å². The van der Waals surface area contributed by atoms with Gasteiger partial charge in [-0.05, 0) is 31.4 Å². The maximum atomic E-state index is 12.2. The van der Waals surface area contributed by atoms with Crippen LogP contribution >= 0.6 is 0 Å². The monoisotopic (exact) mass is 383 g/mol. The molecule has 0 saturated carbocycles. The molecule has 1 fully saturated rings. The number of piperidine rings is 1. The Labute approximate surface area is 166 Å². The van der Waals surface area contributed by atoms with Crippen LogP contribution in [0.15, 0.2) is 41.9 Å². The Bertz CT molecular complexity index is 803. The molecule has 0 spiro atoms. The van der Waals surface area contributed by atoms with E-state index in [0.29, 0.717) is 30.7 Å². The summed E-state index contributed by atoms with van der Waals surface area (Å²) >= 11 is 0. The Balaban J connectivity index is 1.49. The molecule has 8 heteroatoms. The van der Waals surface area contributed by atoms with E-state index in [0.717, 1.165) is 31.2 Å². The number of likely N-dealkylation sites (tertiary alicyclic amines) is 1. The topological polar surface area (TPSA) is 87.4 Å². The predicted molar refractivity (Wildman–Crippen MR) is 110 cm³/mol. The minimum Gasteiger partial charge on any atom is -0.356 e. The molecule has 2 N–H and O–H groups in total. The number of anilines is 1. The first kappa shape index (κ1) is 19.9. The molecule has 8 nitrogen and oxygen atoms in total. The van der Waals surface area contributed by atoms with Crippen molar-refractivity contribution in [3.05, 3.63) is 42.6 Å². The number of carbonyl (C=O) groups excluding carboxylic acids is 1. The second-order valence-electron chi connectivity index (χ2n) is 7.23. The molecule has 3 heterocycles. The van der Waals surface area contributed by atoms with Crippen LogP contribution in [0, 0.1) is 12.8 Å². The van der Waals surface area contributed by atoms with Crippen molar-refractivity contribution in [2.24, 2.45) is 10.9 Å². The first-order chi connectivity index (χ1) is 13.6. The van der Waals surface area contributed by atoms with Crippen molar-refractivity contribution in [3.63, 3.8) is 0 Å². The summed E-state index contributed by atoms with van der Waals surface area (Å²) in [6, 6.07) is 5.94. The second-order valence-corrected chi connectivity index (χ2v) is 7.23. The molecule has 2 atom stereocenters. The van der Waals surface area contributed by atoms with E-state index in [2.05, 4.69) is 42.0 Å². The molecule has 0 bridgehead atoms. The highest BCUT2D eigenvalue weighted by molar-refractivity contribution is 5.90. The standard InChI is InChI=1S/C20H29N7O/c1-15-8-11-26(13-17(15)27-12-10-22-14-27)20(21-3)23-9-7-19(28)25-18-6-4-5-16(2)24-18/h4-6,10,12,14-15,17H,7-9,11,13H2,1-3H3,(H,21,23)(H,24,25,28). The van der Waals surface area contributed by atoms with Gasteiger partial charge in [-0.15, -0.1) is 0 Å². The van der Waals surface area contributed by atoms with Gasteiger partial charge in [0, 0.05) is 51.2 Å². The largest absolute Gasteiger partial charge is 0.356 e. The van der Waals surface area contributed by atoms with Crippen molar-refractivity contribution >= 4 is 17.7 Å². The third-order valence-electron chi connectivity index (χ3n) is 5.13. The maximum Gasteiger partial charge on any atom is 0.227 e. The van der Waals surface area contributed by atoms with Gasteiger partial charge < -0.3 is 20.1 Å². The molecule has 1 saturated heterocycles. The number of aromatic nitrogens is 3. The summed E-state index contributed by atoms with van der Waals surface area (Å²) < 4.78 is 2.17. The molecule has 0 radical (unpaired) electrons. The fourth-order valence-electron chi connectivity index (χ4n) is 3.53. The van der Waals surface area contributed by atoms with Gasteiger partial charge >= 0.3 is 0 Å². The highest BCUT2D eigenvalue weighted by Gasteiger charge is 2.28. The average Bonchev–Trinajstić information content (AvgIpc) is 3.20. The van der Waals surface area contributed by atoms with Crippen molar-refractivity contribution < 1.29 is 4.79 Å². The van der Waals surface area contributed by atoms with Crippen molar-refractivity contribution in [1.82, 2.24) is 24.8 Å². The lowest BCUT2D eigenvalue weighted by atomic mass is 9.93. The Morgan fingerprint density at radius 2 is 2.25 bits per heavy atom. The van der Waals surface area contributed by atoms with Gasteiger partial charge in [-0.2, -0.15) is 0 Å². The van der Waals surface area contributed by atoms with Gasteiger partial charge in [-0.25, -0.2) is 9.97 Å². The number of nitrogens with one attached hydrogen (secondary N) is 2. The lowest BCUT2D eigenvalue weighted by Gasteiger charge is -2.39. The van der Waals surface area contributed by atoms with Crippen LogP contribution in [-0.2, 0) is 4.79 Å². The van der Waals surface area contributed by atoms with Gasteiger partial charge in [-0.3, -0.25) is 9.79 Å². The van der Waals surface area contributed by atoms with E-state index < -0.39 is 0 Å². The molecule has 1 amide bonds. The fourth-order valence-corrected chi connectivity index (χ4v) is 3.53. The Hall–Kier alpha value is -2.90. The van der Waals surface area contributed by atoms with E-state index in [1.54, 1.807) is 13.1 Å². The lowest BCUT2D eigenvalue weighted by molar-refractivity contribution is -0.116. The normalized spacial score (nSPS) is 20.1. The summed E-state index contributed by atoms with van der Waals surface area (Å²) in [6.45, 7) is 6.52. The zero-order chi connectivity index (χ0) is 19.9. The third-order valence-corrected chi connectivity index (χ3v) is 5.13. The molecule has 2 unspecified atom stereocenters. The quantitative estimate of drug-likeness (QED) is 0.610. The number of aryl methyl sites for hydroxylation is 1. The van der Waals surface area contributed by atoms with Crippen molar-refractivity contribution in [1.29, 1.82) is 0 Å².